The topological polar surface area (TPSA) is 71.8 Å². The SMILES string of the molecule is Cn1c(C(=O)N(Cc2ccccc2)C(C(=O)O)C2CC2)cc2c1CCOC2. The first-order valence-electron chi connectivity index (χ1n) is 9.39. The van der Waals surface area contributed by atoms with Crippen LogP contribution >= 0.6 is 0 Å². The van der Waals surface area contributed by atoms with Crippen LogP contribution in [0.3, 0.4) is 0 Å². The van der Waals surface area contributed by atoms with Gasteiger partial charge in [0.25, 0.3) is 5.91 Å². The number of amides is 1. The number of benzene rings is 1. The van der Waals surface area contributed by atoms with Crippen molar-refractivity contribution < 1.29 is 19.4 Å². The van der Waals surface area contributed by atoms with Gasteiger partial charge in [-0.1, -0.05) is 30.3 Å². The second kappa shape index (κ2) is 7.19. The lowest BCUT2D eigenvalue weighted by molar-refractivity contribution is -0.143. The molecule has 2 aliphatic rings. The molecule has 1 N–H and O–H groups in total. The first kappa shape index (κ1) is 17.8. The van der Waals surface area contributed by atoms with Crippen molar-refractivity contribution in [1.82, 2.24) is 9.47 Å². The number of carbonyl (C=O) groups is 2. The Bertz CT molecular complexity index is 855. The Morgan fingerprint density at radius 1 is 1.30 bits per heavy atom. The molecule has 4 rings (SSSR count). The minimum atomic E-state index is -0.927. The van der Waals surface area contributed by atoms with Crippen LogP contribution in [-0.2, 0) is 36.2 Å². The van der Waals surface area contributed by atoms with E-state index in [1.807, 2.05) is 48.0 Å². The number of carboxylic acids is 1. The zero-order valence-electron chi connectivity index (χ0n) is 15.4. The molecule has 142 valence electrons. The van der Waals surface area contributed by atoms with Crippen molar-refractivity contribution in [3.63, 3.8) is 0 Å². The van der Waals surface area contributed by atoms with Gasteiger partial charge in [0.1, 0.15) is 11.7 Å². The third-order valence-corrected chi connectivity index (χ3v) is 5.52. The third-order valence-electron chi connectivity index (χ3n) is 5.52. The molecule has 0 bridgehead atoms. The summed E-state index contributed by atoms with van der Waals surface area (Å²) in [7, 11) is 1.88. The highest BCUT2D eigenvalue weighted by Crippen LogP contribution is 2.37. The van der Waals surface area contributed by atoms with Gasteiger partial charge < -0.3 is 19.3 Å². The maximum atomic E-state index is 13.5. The summed E-state index contributed by atoms with van der Waals surface area (Å²) in [4.78, 5) is 27.0. The maximum Gasteiger partial charge on any atom is 0.326 e. The van der Waals surface area contributed by atoms with Crippen molar-refractivity contribution in [2.24, 2.45) is 13.0 Å². The van der Waals surface area contributed by atoms with Crippen LogP contribution in [0.2, 0.25) is 0 Å². The minimum absolute atomic E-state index is 0.0355. The fraction of sp³-hybridized carbons (Fsp3) is 0.429. The maximum absolute atomic E-state index is 13.5. The first-order chi connectivity index (χ1) is 13.1. The monoisotopic (exact) mass is 368 g/mol. The fourth-order valence-corrected chi connectivity index (χ4v) is 3.94. The van der Waals surface area contributed by atoms with Gasteiger partial charge in [-0.3, -0.25) is 4.79 Å². The highest BCUT2D eigenvalue weighted by molar-refractivity contribution is 5.96. The molecule has 0 spiro atoms. The van der Waals surface area contributed by atoms with Crippen LogP contribution in [-0.4, -0.2) is 39.1 Å². The predicted molar refractivity (Wildman–Crippen MR) is 99.2 cm³/mol. The van der Waals surface area contributed by atoms with Crippen LogP contribution in [0.1, 0.15) is 40.2 Å². The summed E-state index contributed by atoms with van der Waals surface area (Å²) in [5.41, 5.74) is 3.58. The van der Waals surface area contributed by atoms with E-state index in [4.69, 9.17) is 4.74 Å². The Hall–Kier alpha value is -2.60. The van der Waals surface area contributed by atoms with Crippen LogP contribution in [0.15, 0.2) is 36.4 Å². The van der Waals surface area contributed by atoms with Crippen molar-refractivity contribution in [1.29, 1.82) is 0 Å². The number of rotatable bonds is 6. The Balaban J connectivity index is 1.70. The molecule has 6 nitrogen and oxygen atoms in total. The molecule has 1 aliphatic heterocycles. The van der Waals surface area contributed by atoms with Crippen LogP contribution < -0.4 is 0 Å². The fourth-order valence-electron chi connectivity index (χ4n) is 3.94. The Labute approximate surface area is 158 Å². The van der Waals surface area contributed by atoms with Gasteiger partial charge in [-0.25, -0.2) is 4.79 Å². The number of carbonyl (C=O) groups excluding carboxylic acids is 1. The molecular formula is C21H24N2O4. The predicted octanol–water partition coefficient (Wildman–Crippen LogP) is 2.60. The molecular weight excluding hydrogens is 344 g/mol. The van der Waals surface area contributed by atoms with E-state index < -0.39 is 12.0 Å². The van der Waals surface area contributed by atoms with Crippen LogP contribution in [0.4, 0.5) is 0 Å². The second-order valence-electron chi connectivity index (χ2n) is 7.40. The van der Waals surface area contributed by atoms with E-state index in [2.05, 4.69) is 0 Å². The summed E-state index contributed by atoms with van der Waals surface area (Å²) < 4.78 is 7.41. The second-order valence-corrected chi connectivity index (χ2v) is 7.40. The quantitative estimate of drug-likeness (QED) is 0.851. The molecule has 1 aromatic carbocycles. The van der Waals surface area contributed by atoms with Gasteiger partial charge in [0.05, 0.1) is 13.2 Å². The van der Waals surface area contributed by atoms with E-state index in [9.17, 15) is 14.7 Å². The normalized spacial score (nSPS) is 17.2. The lowest BCUT2D eigenvalue weighted by atomic mass is 10.1. The Kier molecular flexibility index (Phi) is 4.74. The molecule has 1 atom stereocenters. The van der Waals surface area contributed by atoms with E-state index in [0.717, 1.165) is 36.1 Å². The number of aliphatic carboxylic acids is 1. The molecule has 1 aliphatic carbocycles. The lowest BCUT2D eigenvalue weighted by Crippen LogP contribution is -2.46. The van der Waals surface area contributed by atoms with E-state index in [1.165, 1.54) is 4.90 Å². The summed E-state index contributed by atoms with van der Waals surface area (Å²) in [6.07, 6.45) is 2.48. The van der Waals surface area contributed by atoms with Gasteiger partial charge in [0, 0.05) is 25.7 Å². The van der Waals surface area contributed by atoms with Crippen molar-refractivity contribution in [2.45, 2.75) is 38.5 Å². The summed E-state index contributed by atoms with van der Waals surface area (Å²) >= 11 is 0. The molecule has 0 saturated heterocycles. The zero-order valence-corrected chi connectivity index (χ0v) is 15.4. The zero-order chi connectivity index (χ0) is 19.0. The number of carboxylic acid groups (broad SMARTS) is 1. The molecule has 0 radical (unpaired) electrons. The van der Waals surface area contributed by atoms with E-state index >= 15 is 0 Å². The van der Waals surface area contributed by atoms with Crippen LogP contribution in [0, 0.1) is 5.92 Å². The average molecular weight is 368 g/mol. The molecule has 27 heavy (non-hydrogen) atoms. The van der Waals surface area contributed by atoms with E-state index in [1.54, 1.807) is 0 Å². The standard InChI is InChI=1S/C21H24N2O4/c1-22-17-9-10-27-13-16(17)11-18(22)20(24)23(12-14-5-3-2-4-6-14)19(21(25)26)15-7-8-15/h2-6,11,15,19H,7-10,12-13H2,1H3,(H,25,26). The van der Waals surface area contributed by atoms with E-state index in [0.29, 0.717) is 25.5 Å². The summed E-state index contributed by atoms with van der Waals surface area (Å²) in [6, 6.07) is 10.6. The molecule has 1 fully saturated rings. The molecule has 1 saturated carbocycles. The number of nitrogens with zero attached hydrogens (tertiary/aromatic N) is 2. The van der Waals surface area contributed by atoms with Crippen molar-refractivity contribution in [3.8, 4) is 0 Å². The van der Waals surface area contributed by atoms with Gasteiger partial charge in [0.15, 0.2) is 0 Å². The number of ether oxygens (including phenoxy) is 1. The van der Waals surface area contributed by atoms with Gasteiger partial charge in [-0.15, -0.1) is 0 Å². The average Bonchev–Trinajstić information content (AvgIpc) is 3.44. The van der Waals surface area contributed by atoms with Crippen LogP contribution in [0.25, 0.3) is 0 Å². The Morgan fingerprint density at radius 3 is 2.67 bits per heavy atom. The molecule has 1 unspecified atom stereocenters. The summed E-state index contributed by atoms with van der Waals surface area (Å²) in [5, 5.41) is 9.84. The molecule has 1 aromatic heterocycles. The summed E-state index contributed by atoms with van der Waals surface area (Å²) in [5.74, 6) is -1.12. The molecule has 2 aromatic rings. The van der Waals surface area contributed by atoms with Crippen LogP contribution in [0.5, 0.6) is 0 Å². The van der Waals surface area contributed by atoms with Crippen molar-refractivity contribution in [2.75, 3.05) is 6.61 Å². The minimum Gasteiger partial charge on any atom is -0.480 e. The Morgan fingerprint density at radius 2 is 2.04 bits per heavy atom. The number of hydrogen-bond donors (Lipinski definition) is 1. The lowest BCUT2D eigenvalue weighted by Gasteiger charge is -2.29. The van der Waals surface area contributed by atoms with Gasteiger partial charge in [0.2, 0.25) is 0 Å². The number of aromatic nitrogens is 1. The van der Waals surface area contributed by atoms with Gasteiger partial charge >= 0.3 is 5.97 Å². The van der Waals surface area contributed by atoms with Crippen molar-refractivity contribution in [3.05, 3.63) is 58.9 Å². The largest absolute Gasteiger partial charge is 0.480 e. The molecule has 6 heteroatoms. The highest BCUT2D eigenvalue weighted by Gasteiger charge is 2.43. The number of fused-ring (bicyclic) bond motifs is 1. The van der Waals surface area contributed by atoms with Gasteiger partial charge in [-0.05, 0) is 36.0 Å². The molecule has 1 amide bonds. The smallest absolute Gasteiger partial charge is 0.326 e. The number of hydrogen-bond acceptors (Lipinski definition) is 3. The first-order valence-corrected chi connectivity index (χ1v) is 9.39. The van der Waals surface area contributed by atoms with Crippen molar-refractivity contribution >= 4 is 11.9 Å². The molecule has 2 heterocycles. The summed E-state index contributed by atoms with van der Waals surface area (Å²) in [6.45, 7) is 1.44. The van der Waals surface area contributed by atoms with E-state index in [-0.39, 0.29) is 11.8 Å². The van der Waals surface area contributed by atoms with Gasteiger partial charge in [-0.2, -0.15) is 0 Å². The highest BCUT2D eigenvalue weighted by atomic mass is 16.5. The third kappa shape index (κ3) is 3.49.